The van der Waals surface area contributed by atoms with Crippen molar-refractivity contribution in [2.75, 3.05) is 0 Å². The molecule has 4 rings (SSSR count). The molecule has 138 valence electrons. The van der Waals surface area contributed by atoms with Crippen LogP contribution in [0, 0.1) is 17.8 Å². The van der Waals surface area contributed by atoms with Gasteiger partial charge in [0, 0.05) is 0 Å². The fourth-order valence-corrected chi connectivity index (χ4v) is 4.60. The first-order valence-corrected chi connectivity index (χ1v) is 10.8. The van der Waals surface area contributed by atoms with Crippen LogP contribution in [0.1, 0.15) is 99.3 Å². The van der Waals surface area contributed by atoms with Crippen molar-refractivity contribution in [1.29, 1.82) is 0 Å². The number of hydrogen-bond acceptors (Lipinski definition) is 0. The Kier molecular flexibility index (Phi) is 10.4. The van der Waals surface area contributed by atoms with Crippen molar-refractivity contribution in [2.45, 2.75) is 99.3 Å². The molecule has 0 spiro atoms. The summed E-state index contributed by atoms with van der Waals surface area (Å²) >= 11 is 0. The van der Waals surface area contributed by atoms with Crippen LogP contribution in [-0.2, 0) is 0 Å². The first kappa shape index (κ1) is 21.3. The summed E-state index contributed by atoms with van der Waals surface area (Å²) in [5.74, 6) is 2.92. The van der Waals surface area contributed by atoms with Crippen LogP contribution in [0.2, 0.25) is 0 Å². The summed E-state index contributed by atoms with van der Waals surface area (Å²) in [4.78, 5) is 0. The third-order valence-electron chi connectivity index (χ3n) is 5.54. The molecular weight excluding hydrogens is 288 g/mol. The van der Waals surface area contributed by atoms with Crippen LogP contribution in [0.25, 0.3) is 0 Å². The minimum atomic E-state index is 0.935. The highest BCUT2D eigenvalue weighted by atomic mass is 14.3. The van der Waals surface area contributed by atoms with E-state index in [-0.39, 0.29) is 0 Å². The van der Waals surface area contributed by atoms with Crippen LogP contribution in [0.4, 0.5) is 0 Å². The molecule has 0 aromatic carbocycles. The van der Waals surface area contributed by atoms with E-state index in [2.05, 4.69) is 32.1 Å². The molecule has 4 aliphatic rings. The third kappa shape index (κ3) is 6.26. The molecule has 0 aromatic rings. The summed E-state index contributed by atoms with van der Waals surface area (Å²) < 4.78 is 0. The maximum absolute atomic E-state index is 2.50. The molecule has 0 nitrogen and oxygen atoms in total. The van der Waals surface area contributed by atoms with Crippen molar-refractivity contribution in [2.24, 2.45) is 17.8 Å². The molecule has 0 aromatic heterocycles. The molecule has 0 saturated heterocycles. The van der Waals surface area contributed by atoms with Gasteiger partial charge in [-0.2, -0.15) is 0 Å². The summed E-state index contributed by atoms with van der Waals surface area (Å²) in [6, 6.07) is 0. The number of fused-ring (bicyclic) bond motifs is 1. The molecule has 4 aliphatic carbocycles. The highest BCUT2D eigenvalue weighted by Crippen LogP contribution is 2.41. The Hall–Kier alpha value is -0.780. The quantitative estimate of drug-likeness (QED) is 0.392. The van der Waals surface area contributed by atoms with Crippen molar-refractivity contribution < 1.29 is 0 Å². The van der Waals surface area contributed by atoms with Gasteiger partial charge in [-0.15, -0.1) is 0 Å². The second-order valence-corrected chi connectivity index (χ2v) is 7.55. The minimum absolute atomic E-state index is 0.935. The molecule has 1 saturated carbocycles. The zero-order valence-electron chi connectivity index (χ0n) is 17.3. The summed E-state index contributed by atoms with van der Waals surface area (Å²) in [6.45, 7) is 12.7. The van der Waals surface area contributed by atoms with Gasteiger partial charge in [0.1, 0.15) is 0 Å². The van der Waals surface area contributed by atoms with Crippen LogP contribution in [0.15, 0.2) is 34.9 Å². The Bertz CT molecular complexity index is 415. The van der Waals surface area contributed by atoms with Gasteiger partial charge in [-0.05, 0) is 75.5 Å². The van der Waals surface area contributed by atoms with Gasteiger partial charge in [-0.1, -0.05) is 76.5 Å². The summed E-state index contributed by atoms with van der Waals surface area (Å²) in [5, 5.41) is 0. The second kappa shape index (κ2) is 11.7. The van der Waals surface area contributed by atoms with Gasteiger partial charge in [0.15, 0.2) is 0 Å². The maximum atomic E-state index is 2.50. The first-order chi connectivity index (χ1) is 11.7. The van der Waals surface area contributed by atoms with Crippen molar-refractivity contribution in [3.63, 3.8) is 0 Å². The number of hydrogen-bond donors (Lipinski definition) is 0. The van der Waals surface area contributed by atoms with Crippen molar-refractivity contribution in [3.05, 3.63) is 34.9 Å². The fourth-order valence-electron chi connectivity index (χ4n) is 4.60. The zero-order chi connectivity index (χ0) is 17.9. The van der Waals surface area contributed by atoms with Gasteiger partial charge in [0.25, 0.3) is 0 Å². The Morgan fingerprint density at radius 1 is 0.792 bits per heavy atom. The van der Waals surface area contributed by atoms with Crippen LogP contribution < -0.4 is 0 Å². The molecule has 0 aliphatic heterocycles. The molecule has 24 heavy (non-hydrogen) atoms. The van der Waals surface area contributed by atoms with Crippen molar-refractivity contribution in [1.82, 2.24) is 0 Å². The Balaban J connectivity index is 0.000000199. The Morgan fingerprint density at radius 3 is 1.92 bits per heavy atom. The zero-order valence-corrected chi connectivity index (χ0v) is 17.3. The smallest absolute Gasteiger partial charge is 0.0136 e. The molecule has 2 atom stereocenters. The lowest BCUT2D eigenvalue weighted by atomic mass is 9.90. The summed E-state index contributed by atoms with van der Waals surface area (Å²) in [5.41, 5.74) is 5.28. The average molecular weight is 331 g/mol. The standard InChI is InChI=1S/C10H16.C10H14.2C2H6/c2*1-8-6-9-4-2-3-5-10(9)7-8;2*1-2/h4,8,10H,2-3,5-7H2,1H3;2-3,8H,4-7H2,1H3;2*1-2H3. The highest BCUT2D eigenvalue weighted by molar-refractivity contribution is 5.28. The molecule has 0 heteroatoms. The van der Waals surface area contributed by atoms with E-state index >= 15 is 0 Å². The SMILES string of the molecule is CC.CC.CC1CC2=C(CC=CC2)C1.CC1CC2=CCCCC2C1. The van der Waals surface area contributed by atoms with Crippen LogP contribution in [-0.4, -0.2) is 0 Å². The normalized spacial score (nSPS) is 27.5. The maximum Gasteiger partial charge on any atom is -0.0136 e. The fraction of sp³-hybridized carbons (Fsp3) is 0.750. The molecule has 1 fully saturated rings. The monoisotopic (exact) mass is 330 g/mol. The van der Waals surface area contributed by atoms with Crippen LogP contribution in [0.5, 0.6) is 0 Å². The highest BCUT2D eigenvalue weighted by Gasteiger charge is 2.27. The van der Waals surface area contributed by atoms with Gasteiger partial charge in [-0.25, -0.2) is 0 Å². The predicted octanol–water partition coefficient (Wildman–Crippen LogP) is 8.26. The van der Waals surface area contributed by atoms with E-state index in [0.29, 0.717) is 0 Å². The van der Waals surface area contributed by atoms with E-state index in [1.807, 2.05) is 27.7 Å². The van der Waals surface area contributed by atoms with Crippen molar-refractivity contribution in [3.8, 4) is 0 Å². The predicted molar refractivity (Wildman–Crippen MR) is 110 cm³/mol. The van der Waals surface area contributed by atoms with E-state index in [9.17, 15) is 0 Å². The minimum Gasteiger partial charge on any atom is -0.0850 e. The molecule has 0 N–H and O–H groups in total. The third-order valence-corrected chi connectivity index (χ3v) is 5.54. The van der Waals surface area contributed by atoms with Gasteiger partial charge in [-0.3, -0.25) is 0 Å². The number of allylic oxidation sites excluding steroid dienone is 6. The van der Waals surface area contributed by atoms with E-state index in [4.69, 9.17) is 0 Å². The van der Waals surface area contributed by atoms with Gasteiger partial charge < -0.3 is 0 Å². The summed E-state index contributed by atoms with van der Waals surface area (Å²) in [6.07, 6.45) is 19.6. The largest absolute Gasteiger partial charge is 0.0850 e. The van der Waals surface area contributed by atoms with E-state index in [0.717, 1.165) is 17.8 Å². The molecule has 0 bridgehead atoms. The molecule has 0 heterocycles. The van der Waals surface area contributed by atoms with E-state index in [1.54, 1.807) is 16.7 Å². The van der Waals surface area contributed by atoms with Crippen LogP contribution in [0.3, 0.4) is 0 Å². The first-order valence-electron chi connectivity index (χ1n) is 10.8. The lowest BCUT2D eigenvalue weighted by Crippen LogP contribution is -2.00. The molecule has 0 amide bonds. The van der Waals surface area contributed by atoms with Gasteiger partial charge in [0.05, 0.1) is 0 Å². The average Bonchev–Trinajstić information content (AvgIpc) is 3.19. The molecular formula is C24H42. The lowest BCUT2D eigenvalue weighted by Gasteiger charge is -2.15. The van der Waals surface area contributed by atoms with Crippen LogP contribution >= 0.6 is 0 Å². The van der Waals surface area contributed by atoms with E-state index < -0.39 is 0 Å². The van der Waals surface area contributed by atoms with Gasteiger partial charge in [0.2, 0.25) is 0 Å². The number of rotatable bonds is 0. The lowest BCUT2D eigenvalue weighted by molar-refractivity contribution is 0.485. The topological polar surface area (TPSA) is 0 Å². The summed E-state index contributed by atoms with van der Waals surface area (Å²) in [7, 11) is 0. The Morgan fingerprint density at radius 2 is 1.38 bits per heavy atom. The Labute approximate surface area is 152 Å². The van der Waals surface area contributed by atoms with Gasteiger partial charge >= 0.3 is 0 Å². The molecule has 2 unspecified atom stereocenters. The second-order valence-electron chi connectivity index (χ2n) is 7.55. The molecule has 0 radical (unpaired) electrons. The van der Waals surface area contributed by atoms with Crippen molar-refractivity contribution >= 4 is 0 Å². The van der Waals surface area contributed by atoms with E-state index in [1.165, 1.54) is 57.8 Å².